The summed E-state index contributed by atoms with van der Waals surface area (Å²) in [5.41, 5.74) is 0. The smallest absolute Gasteiger partial charge is 0.328 e. The SMILES string of the molecule is C[C@@H]1C[C@H](O)CN(C(=O)/C=C\C(=O)O)C1. The van der Waals surface area contributed by atoms with Gasteiger partial charge in [0, 0.05) is 25.2 Å². The third-order valence-electron chi connectivity index (χ3n) is 2.32. The van der Waals surface area contributed by atoms with Gasteiger partial charge in [-0.15, -0.1) is 0 Å². The normalized spacial score (nSPS) is 26.9. The van der Waals surface area contributed by atoms with Crippen molar-refractivity contribution in [1.82, 2.24) is 4.90 Å². The lowest BCUT2D eigenvalue weighted by Crippen LogP contribution is -2.44. The van der Waals surface area contributed by atoms with Gasteiger partial charge in [0.2, 0.25) is 5.91 Å². The Labute approximate surface area is 88.0 Å². The number of hydrogen-bond acceptors (Lipinski definition) is 3. The quantitative estimate of drug-likeness (QED) is 0.626. The van der Waals surface area contributed by atoms with Crippen molar-refractivity contribution in [3.05, 3.63) is 12.2 Å². The van der Waals surface area contributed by atoms with Crippen molar-refractivity contribution in [3.63, 3.8) is 0 Å². The van der Waals surface area contributed by atoms with Crippen molar-refractivity contribution in [2.75, 3.05) is 13.1 Å². The largest absolute Gasteiger partial charge is 0.478 e. The number of aliphatic hydroxyl groups is 1. The van der Waals surface area contributed by atoms with Crippen LogP contribution < -0.4 is 0 Å². The van der Waals surface area contributed by atoms with Crippen molar-refractivity contribution in [2.24, 2.45) is 5.92 Å². The molecule has 1 fully saturated rings. The molecule has 2 N–H and O–H groups in total. The fraction of sp³-hybridized carbons (Fsp3) is 0.600. The van der Waals surface area contributed by atoms with Crippen LogP contribution in [0.4, 0.5) is 0 Å². The number of amides is 1. The van der Waals surface area contributed by atoms with Crippen LogP contribution in [0.3, 0.4) is 0 Å². The number of rotatable bonds is 2. The highest BCUT2D eigenvalue weighted by Gasteiger charge is 2.25. The molecule has 0 aliphatic carbocycles. The third-order valence-corrected chi connectivity index (χ3v) is 2.32. The molecule has 5 nitrogen and oxygen atoms in total. The van der Waals surface area contributed by atoms with Gasteiger partial charge < -0.3 is 15.1 Å². The summed E-state index contributed by atoms with van der Waals surface area (Å²) in [6.07, 6.45) is 2.02. The van der Waals surface area contributed by atoms with Crippen LogP contribution in [-0.4, -0.2) is 46.2 Å². The molecule has 1 aliphatic heterocycles. The Bertz CT molecular complexity index is 277. The minimum absolute atomic E-state index is 0.246. The van der Waals surface area contributed by atoms with E-state index in [0.717, 1.165) is 12.2 Å². The number of aliphatic carboxylic acids is 1. The molecule has 15 heavy (non-hydrogen) atoms. The molecular weight excluding hydrogens is 198 g/mol. The summed E-state index contributed by atoms with van der Waals surface area (Å²) < 4.78 is 0. The van der Waals surface area contributed by atoms with E-state index >= 15 is 0 Å². The van der Waals surface area contributed by atoms with Crippen LogP contribution in [0.2, 0.25) is 0 Å². The van der Waals surface area contributed by atoms with E-state index in [1.807, 2.05) is 6.92 Å². The van der Waals surface area contributed by atoms with Crippen LogP contribution in [0, 0.1) is 5.92 Å². The van der Waals surface area contributed by atoms with Gasteiger partial charge in [0.1, 0.15) is 0 Å². The molecule has 0 aromatic rings. The Kier molecular flexibility index (Phi) is 3.85. The maximum atomic E-state index is 11.5. The molecule has 1 aliphatic rings. The van der Waals surface area contributed by atoms with Gasteiger partial charge in [-0.2, -0.15) is 0 Å². The second-order valence-electron chi connectivity index (χ2n) is 3.91. The lowest BCUT2D eigenvalue weighted by atomic mass is 9.98. The fourth-order valence-electron chi connectivity index (χ4n) is 1.75. The molecule has 0 spiro atoms. The summed E-state index contributed by atoms with van der Waals surface area (Å²) in [6.45, 7) is 2.80. The first-order valence-electron chi connectivity index (χ1n) is 4.87. The second kappa shape index (κ2) is 4.93. The first-order valence-corrected chi connectivity index (χ1v) is 4.87. The van der Waals surface area contributed by atoms with E-state index in [0.29, 0.717) is 13.0 Å². The molecule has 1 heterocycles. The van der Waals surface area contributed by atoms with Gasteiger partial charge in [0.05, 0.1) is 6.10 Å². The maximum absolute atomic E-state index is 11.5. The summed E-state index contributed by atoms with van der Waals surface area (Å²) >= 11 is 0. The highest BCUT2D eigenvalue weighted by atomic mass is 16.4. The Morgan fingerprint density at radius 3 is 2.53 bits per heavy atom. The third kappa shape index (κ3) is 3.71. The number of carboxylic acids is 1. The van der Waals surface area contributed by atoms with Gasteiger partial charge in [0.15, 0.2) is 0 Å². The van der Waals surface area contributed by atoms with Gasteiger partial charge in [-0.05, 0) is 12.3 Å². The van der Waals surface area contributed by atoms with Gasteiger partial charge in [-0.25, -0.2) is 4.79 Å². The topological polar surface area (TPSA) is 77.8 Å². The average molecular weight is 213 g/mol. The predicted molar refractivity (Wildman–Crippen MR) is 53.1 cm³/mol. The van der Waals surface area contributed by atoms with Crippen molar-refractivity contribution in [1.29, 1.82) is 0 Å². The standard InChI is InChI=1S/C10H15NO4/c1-7-4-8(12)6-11(5-7)9(13)2-3-10(14)15/h2-3,7-8,12H,4-6H2,1H3,(H,14,15)/b3-2-/t7-,8+/m1/s1. The zero-order chi connectivity index (χ0) is 11.4. The van der Waals surface area contributed by atoms with Crippen molar-refractivity contribution < 1.29 is 19.8 Å². The van der Waals surface area contributed by atoms with Crippen LogP contribution in [0.1, 0.15) is 13.3 Å². The van der Waals surface area contributed by atoms with E-state index in [-0.39, 0.29) is 18.4 Å². The molecular formula is C10H15NO4. The molecule has 0 bridgehead atoms. The molecule has 2 atom stereocenters. The Hall–Kier alpha value is -1.36. The minimum Gasteiger partial charge on any atom is -0.478 e. The van der Waals surface area contributed by atoms with Gasteiger partial charge >= 0.3 is 5.97 Å². The summed E-state index contributed by atoms with van der Waals surface area (Å²) in [4.78, 5) is 23.1. The fourth-order valence-corrected chi connectivity index (χ4v) is 1.75. The molecule has 0 aromatic carbocycles. The first kappa shape index (κ1) is 11.7. The lowest BCUT2D eigenvalue weighted by Gasteiger charge is -2.33. The summed E-state index contributed by atoms with van der Waals surface area (Å²) in [5, 5.41) is 17.8. The number of hydrogen-bond donors (Lipinski definition) is 2. The monoisotopic (exact) mass is 213 g/mol. The molecule has 0 unspecified atom stereocenters. The zero-order valence-electron chi connectivity index (χ0n) is 8.59. The molecule has 1 amide bonds. The molecule has 84 valence electrons. The number of aliphatic hydroxyl groups excluding tert-OH is 1. The maximum Gasteiger partial charge on any atom is 0.328 e. The molecule has 0 saturated carbocycles. The van der Waals surface area contributed by atoms with Crippen molar-refractivity contribution in [3.8, 4) is 0 Å². The Morgan fingerprint density at radius 1 is 1.33 bits per heavy atom. The number of nitrogens with zero attached hydrogens (tertiary/aromatic N) is 1. The number of carbonyl (C=O) groups excluding carboxylic acids is 1. The summed E-state index contributed by atoms with van der Waals surface area (Å²) in [6, 6.07) is 0. The second-order valence-corrected chi connectivity index (χ2v) is 3.91. The Morgan fingerprint density at radius 2 is 2.00 bits per heavy atom. The number of carboxylic acid groups (broad SMARTS) is 1. The van der Waals surface area contributed by atoms with Gasteiger partial charge in [-0.3, -0.25) is 4.79 Å². The van der Waals surface area contributed by atoms with E-state index in [2.05, 4.69) is 0 Å². The van der Waals surface area contributed by atoms with Gasteiger partial charge in [0.25, 0.3) is 0 Å². The highest BCUT2D eigenvalue weighted by molar-refractivity contribution is 5.93. The van der Waals surface area contributed by atoms with E-state index in [1.165, 1.54) is 4.90 Å². The van der Waals surface area contributed by atoms with E-state index in [4.69, 9.17) is 5.11 Å². The van der Waals surface area contributed by atoms with Gasteiger partial charge in [-0.1, -0.05) is 6.92 Å². The van der Waals surface area contributed by atoms with E-state index < -0.39 is 12.1 Å². The first-order chi connectivity index (χ1) is 6.99. The van der Waals surface area contributed by atoms with Crippen molar-refractivity contribution in [2.45, 2.75) is 19.4 Å². The molecule has 5 heteroatoms. The highest BCUT2D eigenvalue weighted by Crippen LogP contribution is 2.16. The number of β-amino-alcohol motifs (C(OH)–C–C–N with tert-alkyl or cyclic N) is 1. The molecule has 0 radical (unpaired) electrons. The number of carbonyl (C=O) groups is 2. The number of likely N-dealkylation sites (tertiary alicyclic amines) is 1. The molecule has 1 rings (SSSR count). The zero-order valence-corrected chi connectivity index (χ0v) is 8.59. The predicted octanol–water partition coefficient (Wildman–Crippen LogP) is -0.144. The van der Waals surface area contributed by atoms with Crippen LogP contribution in [0.15, 0.2) is 12.2 Å². The summed E-state index contributed by atoms with van der Waals surface area (Å²) in [5.74, 6) is -1.26. The lowest BCUT2D eigenvalue weighted by molar-refractivity contribution is -0.133. The average Bonchev–Trinajstić information content (AvgIpc) is 2.12. The van der Waals surface area contributed by atoms with Crippen LogP contribution >= 0.6 is 0 Å². The minimum atomic E-state index is -1.14. The van der Waals surface area contributed by atoms with E-state index in [1.54, 1.807) is 0 Å². The number of piperidine rings is 1. The van der Waals surface area contributed by atoms with Crippen LogP contribution in [-0.2, 0) is 9.59 Å². The Balaban J connectivity index is 2.55. The van der Waals surface area contributed by atoms with E-state index in [9.17, 15) is 14.7 Å². The van der Waals surface area contributed by atoms with Crippen molar-refractivity contribution >= 4 is 11.9 Å². The molecule has 1 saturated heterocycles. The van der Waals surface area contributed by atoms with Crippen LogP contribution in [0.25, 0.3) is 0 Å². The molecule has 0 aromatic heterocycles. The van der Waals surface area contributed by atoms with Crippen LogP contribution in [0.5, 0.6) is 0 Å². The summed E-state index contributed by atoms with van der Waals surface area (Å²) in [7, 11) is 0.